The van der Waals surface area contributed by atoms with Crippen molar-refractivity contribution in [1.29, 1.82) is 0 Å². The first-order chi connectivity index (χ1) is 13.7. The van der Waals surface area contributed by atoms with Crippen LogP contribution >= 0.6 is 23.1 Å². The van der Waals surface area contributed by atoms with Crippen LogP contribution in [0, 0.1) is 13.8 Å². The second-order valence-corrected chi connectivity index (χ2v) is 8.56. The van der Waals surface area contributed by atoms with Gasteiger partial charge in [0.2, 0.25) is 5.91 Å². The van der Waals surface area contributed by atoms with Crippen LogP contribution in [0.2, 0.25) is 0 Å². The molecular weight excluding hydrogens is 418 g/mol. The molecule has 0 aliphatic carbocycles. The molecule has 3 rings (SSSR count). The standard InChI is InChI=1S/C19H20F2N4O2S2/c1-10-11(2)29-17-15(10)16(22)23-19(24-17)28-9-14(26)25(3)8-12-4-6-13(7-5-12)27-18(20)21/h4-7,18H,8-9H2,1-3H3,(H2,22,23,24). The van der Waals surface area contributed by atoms with Crippen molar-refractivity contribution in [2.45, 2.75) is 32.2 Å². The monoisotopic (exact) mass is 438 g/mol. The Kier molecular flexibility index (Phi) is 6.53. The van der Waals surface area contributed by atoms with Crippen LogP contribution in [-0.2, 0) is 11.3 Å². The maximum absolute atomic E-state index is 12.4. The van der Waals surface area contributed by atoms with Crippen LogP contribution in [0.4, 0.5) is 14.6 Å². The summed E-state index contributed by atoms with van der Waals surface area (Å²) in [6.07, 6.45) is 0. The normalized spacial score (nSPS) is 11.2. The fourth-order valence-electron chi connectivity index (χ4n) is 2.70. The lowest BCUT2D eigenvalue weighted by atomic mass is 10.2. The molecule has 0 radical (unpaired) electrons. The average Bonchev–Trinajstić information content (AvgIpc) is 2.95. The van der Waals surface area contributed by atoms with Crippen molar-refractivity contribution in [2.75, 3.05) is 18.5 Å². The van der Waals surface area contributed by atoms with E-state index in [0.717, 1.165) is 26.2 Å². The van der Waals surface area contributed by atoms with E-state index in [9.17, 15) is 13.6 Å². The summed E-state index contributed by atoms with van der Waals surface area (Å²) >= 11 is 2.79. The van der Waals surface area contributed by atoms with Crippen LogP contribution in [0.3, 0.4) is 0 Å². The number of thioether (sulfide) groups is 1. The maximum Gasteiger partial charge on any atom is 0.387 e. The largest absolute Gasteiger partial charge is 0.435 e. The van der Waals surface area contributed by atoms with E-state index in [4.69, 9.17) is 5.73 Å². The van der Waals surface area contributed by atoms with Gasteiger partial charge >= 0.3 is 6.61 Å². The fraction of sp³-hybridized carbons (Fsp3) is 0.316. The van der Waals surface area contributed by atoms with E-state index in [1.54, 1.807) is 35.4 Å². The second kappa shape index (κ2) is 8.91. The van der Waals surface area contributed by atoms with Gasteiger partial charge in [0.15, 0.2) is 5.16 Å². The fourth-order valence-corrected chi connectivity index (χ4v) is 4.59. The number of carbonyl (C=O) groups is 1. The zero-order valence-corrected chi connectivity index (χ0v) is 17.7. The van der Waals surface area contributed by atoms with E-state index in [1.807, 2.05) is 13.8 Å². The summed E-state index contributed by atoms with van der Waals surface area (Å²) in [5.74, 6) is 0.560. The van der Waals surface area contributed by atoms with Crippen molar-refractivity contribution >= 4 is 45.0 Å². The van der Waals surface area contributed by atoms with E-state index >= 15 is 0 Å². The average molecular weight is 439 g/mol. The topological polar surface area (TPSA) is 81.3 Å². The highest BCUT2D eigenvalue weighted by Crippen LogP contribution is 2.33. The Balaban J connectivity index is 1.59. The summed E-state index contributed by atoms with van der Waals surface area (Å²) in [5, 5.41) is 1.34. The zero-order chi connectivity index (χ0) is 21.1. The number of rotatable bonds is 7. The molecule has 6 nitrogen and oxygen atoms in total. The van der Waals surface area contributed by atoms with Crippen molar-refractivity contribution < 1.29 is 18.3 Å². The lowest BCUT2D eigenvalue weighted by molar-refractivity contribution is -0.127. The third kappa shape index (κ3) is 5.13. The highest BCUT2D eigenvalue weighted by atomic mass is 32.2. The highest BCUT2D eigenvalue weighted by molar-refractivity contribution is 7.99. The number of carbonyl (C=O) groups excluding carboxylic acids is 1. The summed E-state index contributed by atoms with van der Waals surface area (Å²) in [4.78, 5) is 24.8. The minimum absolute atomic E-state index is 0.0810. The van der Waals surface area contributed by atoms with Crippen molar-refractivity contribution in [3.63, 3.8) is 0 Å². The SMILES string of the molecule is Cc1sc2nc(SCC(=O)N(C)Cc3ccc(OC(F)F)cc3)nc(N)c2c1C. The summed E-state index contributed by atoms with van der Waals surface area (Å²) in [7, 11) is 1.68. The van der Waals surface area contributed by atoms with E-state index in [0.29, 0.717) is 17.5 Å². The van der Waals surface area contributed by atoms with Gasteiger partial charge in [-0.05, 0) is 37.1 Å². The molecule has 2 heterocycles. The highest BCUT2D eigenvalue weighted by Gasteiger charge is 2.15. The summed E-state index contributed by atoms with van der Waals surface area (Å²) in [5.41, 5.74) is 7.96. The summed E-state index contributed by atoms with van der Waals surface area (Å²) in [6.45, 7) is 1.49. The van der Waals surface area contributed by atoms with Crippen molar-refractivity contribution in [1.82, 2.24) is 14.9 Å². The number of ether oxygens (including phenoxy) is 1. The quantitative estimate of drug-likeness (QED) is 0.439. The molecule has 0 aliphatic rings. The number of aromatic nitrogens is 2. The number of hydrogen-bond donors (Lipinski definition) is 1. The third-order valence-corrected chi connectivity index (χ3v) is 6.29. The second-order valence-electron chi connectivity index (χ2n) is 6.42. The zero-order valence-electron chi connectivity index (χ0n) is 16.1. The number of anilines is 1. The van der Waals surface area contributed by atoms with Gasteiger partial charge in [-0.25, -0.2) is 9.97 Å². The number of amides is 1. The van der Waals surface area contributed by atoms with Gasteiger partial charge in [0.05, 0.1) is 11.1 Å². The molecule has 0 saturated heterocycles. The van der Waals surface area contributed by atoms with E-state index in [-0.39, 0.29) is 17.4 Å². The molecule has 0 spiro atoms. The first kappa shape index (κ1) is 21.3. The molecule has 0 unspecified atom stereocenters. The van der Waals surface area contributed by atoms with Gasteiger partial charge in [-0.3, -0.25) is 4.79 Å². The van der Waals surface area contributed by atoms with Crippen LogP contribution in [0.1, 0.15) is 16.0 Å². The van der Waals surface area contributed by atoms with Gasteiger partial charge in [0.25, 0.3) is 0 Å². The molecular formula is C19H20F2N4O2S2. The lowest BCUT2D eigenvalue weighted by Gasteiger charge is -2.17. The molecule has 3 aromatic rings. The summed E-state index contributed by atoms with van der Waals surface area (Å²) in [6, 6.07) is 6.19. The number of nitrogens with zero attached hydrogens (tertiary/aromatic N) is 3. The molecule has 2 aromatic heterocycles. The van der Waals surface area contributed by atoms with Crippen molar-refractivity contribution in [3.8, 4) is 5.75 Å². The molecule has 1 amide bonds. The molecule has 154 valence electrons. The number of benzene rings is 1. The Morgan fingerprint density at radius 2 is 1.97 bits per heavy atom. The van der Waals surface area contributed by atoms with Gasteiger partial charge < -0.3 is 15.4 Å². The predicted molar refractivity (Wildman–Crippen MR) is 112 cm³/mol. The van der Waals surface area contributed by atoms with Crippen LogP contribution in [-0.4, -0.2) is 40.2 Å². The van der Waals surface area contributed by atoms with Gasteiger partial charge in [0, 0.05) is 18.5 Å². The smallest absolute Gasteiger partial charge is 0.387 e. The Labute approximate surface area is 175 Å². The molecule has 0 atom stereocenters. The first-order valence-electron chi connectivity index (χ1n) is 8.68. The Morgan fingerprint density at radius 1 is 1.28 bits per heavy atom. The van der Waals surface area contributed by atoms with Crippen molar-refractivity contribution in [3.05, 3.63) is 40.3 Å². The number of alkyl halides is 2. The van der Waals surface area contributed by atoms with E-state index in [1.165, 1.54) is 23.9 Å². The minimum Gasteiger partial charge on any atom is -0.435 e. The molecule has 0 fully saturated rings. The predicted octanol–water partition coefficient (Wildman–Crippen LogP) is 4.24. The van der Waals surface area contributed by atoms with Crippen LogP contribution < -0.4 is 10.5 Å². The van der Waals surface area contributed by atoms with Crippen LogP contribution in [0.25, 0.3) is 10.2 Å². The Hall–Kier alpha value is -2.46. The van der Waals surface area contributed by atoms with Crippen LogP contribution in [0.5, 0.6) is 5.75 Å². The number of halogens is 2. The Bertz CT molecular complexity index is 1030. The molecule has 2 N–H and O–H groups in total. The number of thiophene rings is 1. The number of hydrogen-bond acceptors (Lipinski definition) is 7. The molecule has 0 aliphatic heterocycles. The molecule has 1 aromatic carbocycles. The third-order valence-electron chi connectivity index (χ3n) is 4.35. The van der Waals surface area contributed by atoms with Crippen LogP contribution in [0.15, 0.2) is 29.4 Å². The number of nitrogens with two attached hydrogens (primary N) is 1. The molecule has 0 saturated carbocycles. The van der Waals surface area contributed by atoms with Gasteiger partial charge in [0.1, 0.15) is 16.4 Å². The molecule has 10 heteroatoms. The van der Waals surface area contributed by atoms with Crippen molar-refractivity contribution in [2.24, 2.45) is 0 Å². The number of aryl methyl sites for hydroxylation is 2. The van der Waals surface area contributed by atoms with Gasteiger partial charge in [-0.1, -0.05) is 23.9 Å². The number of fused-ring (bicyclic) bond motifs is 1. The first-order valence-corrected chi connectivity index (χ1v) is 10.5. The van der Waals surface area contributed by atoms with E-state index in [2.05, 4.69) is 14.7 Å². The number of nitrogen functional groups attached to an aromatic ring is 1. The molecule has 29 heavy (non-hydrogen) atoms. The minimum atomic E-state index is -2.86. The van der Waals surface area contributed by atoms with Gasteiger partial charge in [-0.2, -0.15) is 8.78 Å². The maximum atomic E-state index is 12.4. The molecule has 0 bridgehead atoms. The Morgan fingerprint density at radius 3 is 2.62 bits per heavy atom. The summed E-state index contributed by atoms with van der Waals surface area (Å²) < 4.78 is 28.7. The lowest BCUT2D eigenvalue weighted by Crippen LogP contribution is -2.27. The van der Waals surface area contributed by atoms with Gasteiger partial charge in [-0.15, -0.1) is 11.3 Å². The van der Waals surface area contributed by atoms with E-state index < -0.39 is 6.61 Å².